The summed E-state index contributed by atoms with van der Waals surface area (Å²) in [6, 6.07) is 15.7. The highest BCUT2D eigenvalue weighted by Crippen LogP contribution is 2.25. The Morgan fingerprint density at radius 1 is 0.824 bits per heavy atom. The molecular formula is C23H15ClF2N6O2. The molecule has 0 aliphatic heterocycles. The lowest BCUT2D eigenvalue weighted by atomic mass is 10.1. The number of carbonyl (C=O) groups excluding carboxylic acids is 1. The SMILES string of the molecule is O=Nc1ccc(F)c(C(=O)Nc2cccc(Nc3cc(Nc4ccc(F)c(Cl)c4)ncn3)c2)c1. The summed E-state index contributed by atoms with van der Waals surface area (Å²) in [5.74, 6) is -1.16. The van der Waals surface area contributed by atoms with Crippen molar-refractivity contribution >= 4 is 51.9 Å². The van der Waals surface area contributed by atoms with Crippen molar-refractivity contribution in [3.8, 4) is 0 Å². The van der Waals surface area contributed by atoms with Gasteiger partial charge in [0.15, 0.2) is 0 Å². The highest BCUT2D eigenvalue weighted by molar-refractivity contribution is 6.31. The molecule has 0 atom stereocenters. The predicted molar refractivity (Wildman–Crippen MR) is 126 cm³/mol. The summed E-state index contributed by atoms with van der Waals surface area (Å²) in [5, 5.41) is 11.4. The summed E-state index contributed by atoms with van der Waals surface area (Å²) in [6.07, 6.45) is 1.33. The summed E-state index contributed by atoms with van der Waals surface area (Å²) in [4.78, 5) is 31.4. The average molecular weight is 481 g/mol. The fraction of sp³-hybridized carbons (Fsp3) is 0. The number of nitroso groups, excluding NO2 is 1. The van der Waals surface area contributed by atoms with Gasteiger partial charge in [-0.05, 0) is 59.8 Å². The van der Waals surface area contributed by atoms with Crippen LogP contribution in [0.4, 0.5) is 43.2 Å². The lowest BCUT2D eigenvalue weighted by Gasteiger charge is -2.11. The van der Waals surface area contributed by atoms with E-state index in [9.17, 15) is 18.5 Å². The molecule has 11 heteroatoms. The van der Waals surface area contributed by atoms with Gasteiger partial charge in [0.05, 0.1) is 10.6 Å². The minimum Gasteiger partial charge on any atom is -0.340 e. The van der Waals surface area contributed by atoms with Crippen molar-refractivity contribution in [3.05, 3.63) is 100 Å². The number of nitrogens with zero attached hydrogens (tertiary/aromatic N) is 3. The molecule has 0 radical (unpaired) electrons. The second-order valence-electron chi connectivity index (χ2n) is 6.96. The van der Waals surface area contributed by atoms with Gasteiger partial charge in [-0.3, -0.25) is 4.79 Å². The lowest BCUT2D eigenvalue weighted by Crippen LogP contribution is -2.13. The first-order chi connectivity index (χ1) is 16.4. The van der Waals surface area contributed by atoms with Gasteiger partial charge in [0.1, 0.15) is 35.3 Å². The molecule has 0 fully saturated rings. The van der Waals surface area contributed by atoms with Crippen LogP contribution < -0.4 is 16.0 Å². The minimum absolute atomic E-state index is 0.0229. The third kappa shape index (κ3) is 5.48. The zero-order valence-corrected chi connectivity index (χ0v) is 18.0. The molecule has 4 rings (SSSR count). The summed E-state index contributed by atoms with van der Waals surface area (Å²) in [7, 11) is 0. The third-order valence-corrected chi connectivity index (χ3v) is 4.84. The number of benzene rings is 3. The van der Waals surface area contributed by atoms with Crippen LogP contribution in [0.25, 0.3) is 0 Å². The molecule has 170 valence electrons. The Labute approximate surface area is 197 Å². The van der Waals surface area contributed by atoms with Crippen molar-refractivity contribution < 1.29 is 13.6 Å². The maximum absolute atomic E-state index is 14.0. The van der Waals surface area contributed by atoms with Crippen LogP contribution in [0.1, 0.15) is 10.4 Å². The molecule has 0 saturated carbocycles. The summed E-state index contributed by atoms with van der Waals surface area (Å²) in [6.45, 7) is 0. The number of halogens is 3. The van der Waals surface area contributed by atoms with Gasteiger partial charge in [-0.1, -0.05) is 17.7 Å². The highest BCUT2D eigenvalue weighted by atomic mass is 35.5. The van der Waals surface area contributed by atoms with E-state index in [0.717, 1.165) is 12.1 Å². The standard InChI is InChI=1S/C23H15ClF2N6O2/c24-18-10-15(4-7-20(18)26)30-22-11-21(27-12-28-22)29-13-2-1-3-14(8-13)31-23(33)17-9-16(32-34)5-6-19(17)25/h1-12H,(H,31,33)(H2,27,28,29,30). The van der Waals surface area contributed by atoms with Crippen LogP contribution in [0.15, 0.2) is 78.2 Å². The Balaban J connectivity index is 1.47. The van der Waals surface area contributed by atoms with Gasteiger partial charge in [-0.25, -0.2) is 18.7 Å². The molecule has 1 aromatic heterocycles. The predicted octanol–water partition coefficient (Wildman–Crippen LogP) is 6.55. The molecular weight excluding hydrogens is 466 g/mol. The van der Waals surface area contributed by atoms with Gasteiger partial charge in [-0.15, -0.1) is 4.91 Å². The molecule has 0 saturated heterocycles. The van der Waals surface area contributed by atoms with E-state index in [1.54, 1.807) is 30.3 Å². The first-order valence-corrected chi connectivity index (χ1v) is 10.1. The number of hydrogen-bond acceptors (Lipinski definition) is 7. The van der Waals surface area contributed by atoms with Gasteiger partial charge < -0.3 is 16.0 Å². The third-order valence-electron chi connectivity index (χ3n) is 4.55. The van der Waals surface area contributed by atoms with Gasteiger partial charge in [0.2, 0.25) is 0 Å². The van der Waals surface area contributed by atoms with Crippen LogP contribution in [0.5, 0.6) is 0 Å². The maximum atomic E-state index is 14.0. The smallest absolute Gasteiger partial charge is 0.258 e. The number of amides is 1. The topological polar surface area (TPSA) is 108 Å². The largest absolute Gasteiger partial charge is 0.340 e. The number of hydrogen-bond donors (Lipinski definition) is 3. The number of anilines is 5. The zero-order valence-electron chi connectivity index (χ0n) is 17.2. The summed E-state index contributed by atoms with van der Waals surface area (Å²) >= 11 is 5.80. The van der Waals surface area contributed by atoms with Crippen LogP contribution in [-0.2, 0) is 0 Å². The molecule has 0 spiro atoms. The first kappa shape index (κ1) is 22.7. The Morgan fingerprint density at radius 3 is 2.21 bits per heavy atom. The first-order valence-electron chi connectivity index (χ1n) is 9.77. The van der Waals surface area contributed by atoms with Gasteiger partial charge in [0.25, 0.3) is 5.91 Å². The van der Waals surface area contributed by atoms with Crippen molar-refractivity contribution in [1.82, 2.24) is 9.97 Å². The lowest BCUT2D eigenvalue weighted by molar-refractivity contribution is 0.102. The molecule has 1 amide bonds. The van der Waals surface area contributed by atoms with E-state index in [0.29, 0.717) is 28.7 Å². The van der Waals surface area contributed by atoms with Crippen molar-refractivity contribution in [2.75, 3.05) is 16.0 Å². The number of rotatable bonds is 7. The number of carbonyl (C=O) groups is 1. The average Bonchev–Trinajstić information content (AvgIpc) is 2.82. The van der Waals surface area contributed by atoms with E-state index in [2.05, 4.69) is 31.1 Å². The molecule has 0 bridgehead atoms. The van der Waals surface area contributed by atoms with Crippen LogP contribution in [0, 0.1) is 16.5 Å². The van der Waals surface area contributed by atoms with E-state index in [-0.39, 0.29) is 16.3 Å². The molecule has 8 nitrogen and oxygen atoms in total. The Kier molecular flexibility index (Phi) is 6.69. The monoisotopic (exact) mass is 480 g/mol. The normalized spacial score (nSPS) is 10.4. The Bertz CT molecular complexity index is 1390. The molecule has 3 aromatic carbocycles. The molecule has 0 aliphatic carbocycles. The molecule has 4 aromatic rings. The van der Waals surface area contributed by atoms with Gasteiger partial charge in [0, 0.05) is 23.1 Å². The minimum atomic E-state index is -0.775. The van der Waals surface area contributed by atoms with E-state index in [1.807, 2.05) is 0 Å². The second-order valence-corrected chi connectivity index (χ2v) is 7.36. The molecule has 0 unspecified atom stereocenters. The van der Waals surface area contributed by atoms with Crippen molar-refractivity contribution in [2.24, 2.45) is 5.18 Å². The van der Waals surface area contributed by atoms with E-state index in [4.69, 9.17) is 11.6 Å². The number of nitrogens with one attached hydrogen (secondary N) is 3. The van der Waals surface area contributed by atoms with Crippen LogP contribution in [0.2, 0.25) is 5.02 Å². The van der Waals surface area contributed by atoms with Crippen LogP contribution in [-0.4, -0.2) is 15.9 Å². The fourth-order valence-corrected chi connectivity index (χ4v) is 3.16. The summed E-state index contributed by atoms with van der Waals surface area (Å²) in [5.41, 5.74) is 1.14. The number of aromatic nitrogens is 2. The quantitative estimate of drug-likeness (QED) is 0.259. The Hall–Kier alpha value is -4.44. The molecule has 34 heavy (non-hydrogen) atoms. The van der Waals surface area contributed by atoms with Crippen molar-refractivity contribution in [1.29, 1.82) is 0 Å². The van der Waals surface area contributed by atoms with Gasteiger partial charge in [-0.2, -0.15) is 0 Å². The molecule has 0 aliphatic rings. The van der Waals surface area contributed by atoms with E-state index >= 15 is 0 Å². The van der Waals surface area contributed by atoms with Crippen molar-refractivity contribution in [3.63, 3.8) is 0 Å². The van der Waals surface area contributed by atoms with Crippen LogP contribution in [0.3, 0.4) is 0 Å². The van der Waals surface area contributed by atoms with Crippen LogP contribution >= 0.6 is 11.6 Å². The molecule has 1 heterocycles. The summed E-state index contributed by atoms with van der Waals surface area (Å²) < 4.78 is 27.3. The highest BCUT2D eigenvalue weighted by Gasteiger charge is 2.14. The second kappa shape index (κ2) is 10.0. The van der Waals surface area contributed by atoms with Gasteiger partial charge >= 0.3 is 0 Å². The van der Waals surface area contributed by atoms with E-state index < -0.39 is 17.5 Å². The maximum Gasteiger partial charge on any atom is 0.258 e. The zero-order chi connectivity index (χ0) is 24.1. The van der Waals surface area contributed by atoms with Crippen molar-refractivity contribution in [2.45, 2.75) is 0 Å². The van der Waals surface area contributed by atoms with E-state index in [1.165, 1.54) is 30.6 Å². The molecule has 3 N–H and O–H groups in total. The Morgan fingerprint density at radius 2 is 1.50 bits per heavy atom. The fourth-order valence-electron chi connectivity index (χ4n) is 2.98.